The molecule has 0 aliphatic rings. The van der Waals surface area contributed by atoms with Gasteiger partial charge >= 0.3 is 0 Å². The highest BCUT2D eigenvalue weighted by atomic mass is 35.5. The summed E-state index contributed by atoms with van der Waals surface area (Å²) >= 11 is 0. The van der Waals surface area contributed by atoms with Crippen LogP contribution in [0, 0.1) is 0 Å². The van der Waals surface area contributed by atoms with Gasteiger partial charge in [-0.2, -0.15) is 0 Å². The second kappa shape index (κ2) is 11.2. The molecule has 0 saturated carbocycles. The van der Waals surface area contributed by atoms with Crippen LogP contribution in [0.3, 0.4) is 0 Å². The Bertz CT molecular complexity index is 548. The molecule has 0 atom stereocenters. The topological polar surface area (TPSA) is 38.5 Å². The summed E-state index contributed by atoms with van der Waals surface area (Å²) in [5, 5.41) is 0. The third kappa shape index (κ3) is 7.14. The van der Waals surface area contributed by atoms with Gasteiger partial charge in [-0.3, -0.25) is 4.90 Å². The lowest BCUT2D eigenvalue weighted by atomic mass is 10.1. The first-order valence-corrected chi connectivity index (χ1v) is 7.85. The van der Waals surface area contributed by atoms with Crippen LogP contribution in [0.25, 0.3) is 0 Å². The number of halogens is 1. The van der Waals surface area contributed by atoms with Gasteiger partial charge in [-0.05, 0) is 23.1 Å². The van der Waals surface area contributed by atoms with Gasteiger partial charge in [0.1, 0.15) is 0 Å². The molecule has 0 bridgehead atoms. The van der Waals surface area contributed by atoms with Crippen LogP contribution in [0.4, 0.5) is 0 Å². The van der Waals surface area contributed by atoms with Gasteiger partial charge in [-0.25, -0.2) is 0 Å². The molecule has 0 aliphatic heterocycles. The quantitative estimate of drug-likeness (QED) is 0.765. The molecule has 0 heterocycles. The minimum atomic E-state index is 0. The zero-order chi connectivity index (χ0) is 15.6. The lowest BCUT2D eigenvalue weighted by Gasteiger charge is -2.22. The standard InChI is InChI=1S/C19H26N2O.ClH/c1-22-16-19-9-5-8-18(14-19)15-21(13-11-20)12-10-17-6-3-2-4-7-17;/h2-9,14H,10-13,15-16,20H2,1H3;1H. The smallest absolute Gasteiger partial charge is 0.0713 e. The molecule has 0 fully saturated rings. The lowest BCUT2D eigenvalue weighted by Crippen LogP contribution is -2.31. The molecule has 4 heteroatoms. The molecular formula is C19H27ClN2O. The van der Waals surface area contributed by atoms with E-state index in [4.69, 9.17) is 10.5 Å². The Morgan fingerprint density at radius 3 is 2.30 bits per heavy atom. The van der Waals surface area contributed by atoms with Gasteiger partial charge in [-0.1, -0.05) is 54.6 Å². The van der Waals surface area contributed by atoms with Gasteiger partial charge in [-0.15, -0.1) is 12.4 Å². The van der Waals surface area contributed by atoms with Crippen LogP contribution in [0.1, 0.15) is 16.7 Å². The van der Waals surface area contributed by atoms with Crippen molar-refractivity contribution >= 4 is 12.4 Å². The van der Waals surface area contributed by atoms with E-state index in [0.717, 1.165) is 26.1 Å². The van der Waals surface area contributed by atoms with Crippen LogP contribution in [-0.4, -0.2) is 31.6 Å². The number of ether oxygens (including phenoxy) is 1. The number of methoxy groups -OCH3 is 1. The van der Waals surface area contributed by atoms with Crippen molar-refractivity contribution in [2.45, 2.75) is 19.6 Å². The highest BCUT2D eigenvalue weighted by molar-refractivity contribution is 5.85. The molecule has 0 aromatic heterocycles. The first-order chi connectivity index (χ1) is 10.8. The third-order valence-corrected chi connectivity index (χ3v) is 3.71. The first-order valence-electron chi connectivity index (χ1n) is 7.85. The minimum absolute atomic E-state index is 0. The molecule has 0 saturated heterocycles. The Morgan fingerprint density at radius 2 is 1.61 bits per heavy atom. The normalized spacial score (nSPS) is 10.6. The summed E-state index contributed by atoms with van der Waals surface area (Å²) in [7, 11) is 1.73. The van der Waals surface area contributed by atoms with E-state index in [1.54, 1.807) is 7.11 Å². The van der Waals surface area contributed by atoms with Gasteiger partial charge in [0.05, 0.1) is 6.61 Å². The third-order valence-electron chi connectivity index (χ3n) is 3.71. The number of rotatable bonds is 9. The number of hydrogen-bond donors (Lipinski definition) is 1. The lowest BCUT2D eigenvalue weighted by molar-refractivity contribution is 0.184. The van der Waals surface area contributed by atoms with Crippen LogP contribution >= 0.6 is 12.4 Å². The fraction of sp³-hybridized carbons (Fsp3) is 0.368. The zero-order valence-electron chi connectivity index (χ0n) is 13.8. The van der Waals surface area contributed by atoms with Crippen LogP contribution in [-0.2, 0) is 24.3 Å². The Morgan fingerprint density at radius 1 is 0.913 bits per heavy atom. The molecule has 0 amide bonds. The average Bonchev–Trinajstić information content (AvgIpc) is 2.54. The number of nitrogens with two attached hydrogens (primary N) is 1. The molecule has 0 aliphatic carbocycles. The molecule has 23 heavy (non-hydrogen) atoms. The molecule has 2 aromatic carbocycles. The monoisotopic (exact) mass is 334 g/mol. The van der Waals surface area contributed by atoms with Gasteiger partial charge in [0.15, 0.2) is 0 Å². The summed E-state index contributed by atoms with van der Waals surface area (Å²) in [5.41, 5.74) is 9.67. The molecular weight excluding hydrogens is 308 g/mol. The van der Waals surface area contributed by atoms with Crippen molar-refractivity contribution in [3.05, 3.63) is 71.3 Å². The van der Waals surface area contributed by atoms with E-state index in [-0.39, 0.29) is 12.4 Å². The van der Waals surface area contributed by atoms with E-state index in [1.807, 2.05) is 0 Å². The van der Waals surface area contributed by atoms with Crippen LogP contribution in [0.15, 0.2) is 54.6 Å². The fourth-order valence-corrected chi connectivity index (χ4v) is 2.63. The summed E-state index contributed by atoms with van der Waals surface area (Å²) in [6.45, 7) is 4.22. The highest BCUT2D eigenvalue weighted by Gasteiger charge is 2.06. The summed E-state index contributed by atoms with van der Waals surface area (Å²) in [6.07, 6.45) is 1.05. The van der Waals surface area contributed by atoms with E-state index in [2.05, 4.69) is 59.5 Å². The summed E-state index contributed by atoms with van der Waals surface area (Å²) in [6, 6.07) is 19.2. The number of nitrogens with zero attached hydrogens (tertiary/aromatic N) is 1. The van der Waals surface area contributed by atoms with Gasteiger partial charge in [0.25, 0.3) is 0 Å². The van der Waals surface area contributed by atoms with Gasteiger partial charge < -0.3 is 10.5 Å². The van der Waals surface area contributed by atoms with E-state index in [0.29, 0.717) is 13.2 Å². The van der Waals surface area contributed by atoms with Crippen LogP contribution in [0.5, 0.6) is 0 Å². The molecule has 0 spiro atoms. The second-order valence-corrected chi connectivity index (χ2v) is 5.55. The maximum atomic E-state index is 5.77. The van der Waals surface area contributed by atoms with E-state index < -0.39 is 0 Å². The largest absolute Gasteiger partial charge is 0.380 e. The Balaban J connectivity index is 0.00000264. The maximum absolute atomic E-state index is 5.77. The number of benzene rings is 2. The molecule has 3 nitrogen and oxygen atoms in total. The Hall–Kier alpha value is -1.39. The van der Waals surface area contributed by atoms with E-state index in [1.165, 1.54) is 16.7 Å². The second-order valence-electron chi connectivity index (χ2n) is 5.55. The first kappa shape index (κ1) is 19.7. The Kier molecular flexibility index (Phi) is 9.57. The summed E-state index contributed by atoms with van der Waals surface area (Å²) in [4.78, 5) is 2.42. The van der Waals surface area contributed by atoms with Crippen molar-refractivity contribution in [1.29, 1.82) is 0 Å². The van der Waals surface area contributed by atoms with Crippen LogP contribution in [0.2, 0.25) is 0 Å². The predicted octanol–water partition coefficient (Wildman–Crippen LogP) is 3.26. The van der Waals surface area contributed by atoms with Crippen molar-refractivity contribution in [3.8, 4) is 0 Å². The zero-order valence-corrected chi connectivity index (χ0v) is 14.6. The molecule has 2 N–H and O–H groups in total. The van der Waals surface area contributed by atoms with Crippen molar-refractivity contribution in [3.63, 3.8) is 0 Å². The maximum Gasteiger partial charge on any atom is 0.0713 e. The van der Waals surface area contributed by atoms with Gasteiger partial charge in [0.2, 0.25) is 0 Å². The Labute approximate surface area is 145 Å². The summed E-state index contributed by atoms with van der Waals surface area (Å²) < 4.78 is 5.21. The van der Waals surface area contributed by atoms with Crippen molar-refractivity contribution in [2.24, 2.45) is 5.73 Å². The van der Waals surface area contributed by atoms with Crippen LogP contribution < -0.4 is 5.73 Å². The average molecular weight is 335 g/mol. The molecule has 2 rings (SSSR count). The fourth-order valence-electron chi connectivity index (χ4n) is 2.63. The number of hydrogen-bond acceptors (Lipinski definition) is 3. The molecule has 2 aromatic rings. The predicted molar refractivity (Wildman–Crippen MR) is 98.9 cm³/mol. The van der Waals surface area contributed by atoms with E-state index in [9.17, 15) is 0 Å². The SMILES string of the molecule is COCc1cccc(CN(CCN)CCc2ccccc2)c1.Cl. The minimum Gasteiger partial charge on any atom is -0.380 e. The van der Waals surface area contributed by atoms with Gasteiger partial charge in [0, 0.05) is 33.3 Å². The summed E-state index contributed by atoms with van der Waals surface area (Å²) in [5.74, 6) is 0. The molecule has 0 unspecified atom stereocenters. The van der Waals surface area contributed by atoms with Crippen molar-refractivity contribution in [1.82, 2.24) is 4.90 Å². The molecule has 126 valence electrons. The van der Waals surface area contributed by atoms with E-state index >= 15 is 0 Å². The van der Waals surface area contributed by atoms with Crippen molar-refractivity contribution in [2.75, 3.05) is 26.7 Å². The molecule has 0 radical (unpaired) electrons. The highest BCUT2D eigenvalue weighted by Crippen LogP contribution is 2.10. The van der Waals surface area contributed by atoms with Crippen molar-refractivity contribution < 1.29 is 4.74 Å².